The Kier molecular flexibility index (Phi) is 5.64. The molecule has 31 heavy (non-hydrogen) atoms. The lowest BCUT2D eigenvalue weighted by Crippen LogP contribution is -2.26. The van der Waals surface area contributed by atoms with Gasteiger partial charge in [-0.3, -0.25) is 9.48 Å². The average Bonchev–Trinajstić information content (AvgIpc) is 3.39. The number of benzene rings is 1. The molecule has 0 aliphatic heterocycles. The molecule has 0 spiro atoms. The topological polar surface area (TPSA) is 77.1 Å². The summed E-state index contributed by atoms with van der Waals surface area (Å²) < 4.78 is 43.3. The molecule has 7 nitrogen and oxygen atoms in total. The molecule has 0 saturated carbocycles. The lowest BCUT2D eigenvalue weighted by atomic mass is 10.1. The van der Waals surface area contributed by atoms with Gasteiger partial charge in [-0.1, -0.05) is 23.7 Å². The standard InChI is InChI=1S/C20H16ClF3N6O/c21-14-5-3-13(4-6-14)15-11-17(20(22,23)24)30-18(27-15)12-16(28-30)19(31)25-7-1-9-29-10-2-8-26-29/h2-6,8,10-12H,1,7,9H2,(H,25,31). The lowest BCUT2D eigenvalue weighted by Gasteiger charge is -2.11. The number of amides is 1. The highest BCUT2D eigenvalue weighted by atomic mass is 35.5. The van der Waals surface area contributed by atoms with Crippen molar-refractivity contribution in [3.8, 4) is 11.3 Å². The van der Waals surface area contributed by atoms with E-state index in [1.807, 2.05) is 0 Å². The number of alkyl halides is 3. The first kappa shape index (κ1) is 20.9. The van der Waals surface area contributed by atoms with E-state index in [2.05, 4.69) is 20.5 Å². The normalized spacial score (nSPS) is 11.7. The van der Waals surface area contributed by atoms with Crippen LogP contribution in [0.5, 0.6) is 0 Å². The molecule has 0 fully saturated rings. The number of hydrogen-bond donors (Lipinski definition) is 1. The third-order valence-electron chi connectivity index (χ3n) is 4.50. The molecule has 0 aliphatic carbocycles. The number of rotatable bonds is 6. The summed E-state index contributed by atoms with van der Waals surface area (Å²) in [5.74, 6) is -0.577. The Balaban J connectivity index is 1.59. The molecule has 4 rings (SSSR count). The van der Waals surface area contributed by atoms with E-state index in [0.29, 0.717) is 34.6 Å². The van der Waals surface area contributed by atoms with E-state index in [0.717, 1.165) is 6.07 Å². The van der Waals surface area contributed by atoms with Crippen molar-refractivity contribution in [2.75, 3.05) is 6.54 Å². The first-order chi connectivity index (χ1) is 14.8. The van der Waals surface area contributed by atoms with Crippen LogP contribution in [0, 0.1) is 0 Å². The van der Waals surface area contributed by atoms with Gasteiger partial charge in [0.15, 0.2) is 17.0 Å². The SMILES string of the molecule is O=C(NCCCn1cccn1)c1cc2nc(-c3ccc(Cl)cc3)cc(C(F)(F)F)n2n1. The summed E-state index contributed by atoms with van der Waals surface area (Å²) in [6.07, 6.45) is -0.634. The Hall–Kier alpha value is -3.40. The van der Waals surface area contributed by atoms with Crippen molar-refractivity contribution in [3.63, 3.8) is 0 Å². The number of carbonyl (C=O) groups excluding carboxylic acids is 1. The van der Waals surface area contributed by atoms with Crippen molar-refractivity contribution in [2.24, 2.45) is 0 Å². The second-order valence-corrected chi connectivity index (χ2v) is 7.15. The van der Waals surface area contributed by atoms with Crippen LogP contribution < -0.4 is 5.32 Å². The minimum Gasteiger partial charge on any atom is -0.351 e. The first-order valence-electron chi connectivity index (χ1n) is 9.31. The number of nitrogens with one attached hydrogen (secondary N) is 1. The fraction of sp³-hybridized carbons (Fsp3) is 0.200. The summed E-state index contributed by atoms with van der Waals surface area (Å²) >= 11 is 5.85. The van der Waals surface area contributed by atoms with E-state index in [-0.39, 0.29) is 17.0 Å². The number of carbonyl (C=O) groups is 1. The van der Waals surface area contributed by atoms with Crippen molar-refractivity contribution in [2.45, 2.75) is 19.1 Å². The zero-order chi connectivity index (χ0) is 22.0. The lowest BCUT2D eigenvalue weighted by molar-refractivity contribution is -0.142. The molecule has 0 unspecified atom stereocenters. The van der Waals surface area contributed by atoms with Gasteiger partial charge in [-0.15, -0.1) is 0 Å². The van der Waals surface area contributed by atoms with E-state index < -0.39 is 17.8 Å². The number of aromatic nitrogens is 5. The van der Waals surface area contributed by atoms with E-state index >= 15 is 0 Å². The quantitative estimate of drug-likeness (QED) is 0.451. The molecule has 0 radical (unpaired) electrons. The van der Waals surface area contributed by atoms with Crippen molar-refractivity contribution in [3.05, 3.63) is 71.3 Å². The number of nitrogens with zero attached hydrogens (tertiary/aromatic N) is 5. The molecule has 1 aromatic carbocycles. The number of aryl methyl sites for hydroxylation is 1. The Morgan fingerprint density at radius 1 is 1.16 bits per heavy atom. The number of hydrogen-bond acceptors (Lipinski definition) is 4. The highest BCUT2D eigenvalue weighted by Crippen LogP contribution is 2.32. The number of fused-ring (bicyclic) bond motifs is 1. The van der Waals surface area contributed by atoms with Gasteiger partial charge in [0.05, 0.1) is 5.69 Å². The van der Waals surface area contributed by atoms with Crippen LogP contribution in [0.4, 0.5) is 13.2 Å². The molecule has 160 valence electrons. The van der Waals surface area contributed by atoms with Crippen LogP contribution in [0.2, 0.25) is 5.02 Å². The fourth-order valence-corrected chi connectivity index (χ4v) is 3.15. The summed E-state index contributed by atoms with van der Waals surface area (Å²) in [4.78, 5) is 16.6. The summed E-state index contributed by atoms with van der Waals surface area (Å²) in [5.41, 5.74) is -0.696. The van der Waals surface area contributed by atoms with Gasteiger partial charge < -0.3 is 5.32 Å². The third kappa shape index (κ3) is 4.69. The molecular formula is C20H16ClF3N6O. The van der Waals surface area contributed by atoms with Crippen LogP contribution in [0.1, 0.15) is 22.6 Å². The highest BCUT2D eigenvalue weighted by molar-refractivity contribution is 6.30. The van der Waals surface area contributed by atoms with Crippen LogP contribution in [0.25, 0.3) is 16.9 Å². The Bertz CT molecular complexity index is 1200. The zero-order valence-electron chi connectivity index (χ0n) is 16.0. The molecule has 0 saturated heterocycles. The van der Waals surface area contributed by atoms with Gasteiger partial charge in [0.25, 0.3) is 5.91 Å². The smallest absolute Gasteiger partial charge is 0.351 e. The summed E-state index contributed by atoms with van der Waals surface area (Å²) in [7, 11) is 0. The van der Waals surface area contributed by atoms with Crippen LogP contribution in [-0.4, -0.2) is 36.8 Å². The maximum atomic E-state index is 13.7. The predicted molar refractivity (Wildman–Crippen MR) is 108 cm³/mol. The second kappa shape index (κ2) is 8.38. The Morgan fingerprint density at radius 2 is 1.94 bits per heavy atom. The van der Waals surface area contributed by atoms with Crippen LogP contribution in [0.3, 0.4) is 0 Å². The van der Waals surface area contributed by atoms with E-state index in [1.54, 1.807) is 47.4 Å². The largest absolute Gasteiger partial charge is 0.433 e. The molecule has 0 atom stereocenters. The van der Waals surface area contributed by atoms with Gasteiger partial charge in [-0.2, -0.15) is 23.4 Å². The molecule has 4 aromatic rings. The maximum absolute atomic E-state index is 13.7. The molecule has 1 N–H and O–H groups in total. The van der Waals surface area contributed by atoms with Gasteiger partial charge in [-0.05, 0) is 30.7 Å². The Labute approximate surface area is 179 Å². The van der Waals surface area contributed by atoms with E-state index in [4.69, 9.17) is 11.6 Å². The molecule has 3 aromatic heterocycles. The van der Waals surface area contributed by atoms with Gasteiger partial charge in [-0.25, -0.2) is 9.50 Å². The van der Waals surface area contributed by atoms with Gasteiger partial charge in [0.2, 0.25) is 0 Å². The molecule has 11 heteroatoms. The minimum atomic E-state index is -4.69. The van der Waals surface area contributed by atoms with Gasteiger partial charge in [0.1, 0.15) is 0 Å². The average molecular weight is 449 g/mol. The minimum absolute atomic E-state index is 0.0820. The van der Waals surface area contributed by atoms with Crippen LogP contribution >= 0.6 is 11.6 Å². The van der Waals surface area contributed by atoms with Crippen molar-refractivity contribution in [1.29, 1.82) is 0 Å². The second-order valence-electron chi connectivity index (χ2n) is 6.71. The van der Waals surface area contributed by atoms with E-state index in [9.17, 15) is 18.0 Å². The molecule has 3 heterocycles. The van der Waals surface area contributed by atoms with Crippen LogP contribution in [0.15, 0.2) is 54.9 Å². The molecule has 0 bridgehead atoms. The van der Waals surface area contributed by atoms with Crippen molar-refractivity contribution < 1.29 is 18.0 Å². The maximum Gasteiger partial charge on any atom is 0.433 e. The van der Waals surface area contributed by atoms with Crippen LogP contribution in [-0.2, 0) is 12.7 Å². The van der Waals surface area contributed by atoms with Crippen molar-refractivity contribution >= 4 is 23.2 Å². The van der Waals surface area contributed by atoms with Crippen molar-refractivity contribution in [1.82, 2.24) is 29.7 Å². The monoisotopic (exact) mass is 448 g/mol. The fourth-order valence-electron chi connectivity index (χ4n) is 3.02. The molecule has 1 amide bonds. The van der Waals surface area contributed by atoms with Gasteiger partial charge in [0, 0.05) is 42.1 Å². The predicted octanol–water partition coefficient (Wildman–Crippen LogP) is 4.09. The molecule has 0 aliphatic rings. The van der Waals surface area contributed by atoms with E-state index in [1.165, 1.54) is 6.07 Å². The number of halogens is 4. The summed E-state index contributed by atoms with van der Waals surface area (Å²) in [6.45, 7) is 0.921. The van der Waals surface area contributed by atoms with Gasteiger partial charge >= 0.3 is 6.18 Å². The Morgan fingerprint density at radius 3 is 2.61 bits per heavy atom. The summed E-state index contributed by atoms with van der Waals surface area (Å²) in [5, 5.41) is 11.0. The zero-order valence-corrected chi connectivity index (χ0v) is 16.7. The summed E-state index contributed by atoms with van der Waals surface area (Å²) in [6, 6.07) is 10.2. The molecular weight excluding hydrogens is 433 g/mol. The highest BCUT2D eigenvalue weighted by Gasteiger charge is 2.35. The third-order valence-corrected chi connectivity index (χ3v) is 4.75. The first-order valence-corrected chi connectivity index (χ1v) is 9.68.